The van der Waals surface area contributed by atoms with Crippen molar-refractivity contribution in [1.29, 1.82) is 0 Å². The van der Waals surface area contributed by atoms with Crippen LogP contribution in [-0.4, -0.2) is 99.3 Å². The number of nitrogens with zero attached hydrogens (tertiary/aromatic N) is 6. The van der Waals surface area contributed by atoms with Crippen molar-refractivity contribution in [3.63, 3.8) is 0 Å². The summed E-state index contributed by atoms with van der Waals surface area (Å²) in [4.78, 5) is 31.2. The number of amides is 1. The Morgan fingerprint density at radius 3 is 1.78 bits per heavy atom. The fourth-order valence-electron chi connectivity index (χ4n) is 4.15. The molecule has 0 N–H and O–H groups in total. The van der Waals surface area contributed by atoms with Crippen molar-refractivity contribution in [3.8, 4) is 11.5 Å². The van der Waals surface area contributed by atoms with Crippen molar-refractivity contribution < 1.29 is 14.3 Å². The van der Waals surface area contributed by atoms with Gasteiger partial charge in [0.25, 0.3) is 5.91 Å². The van der Waals surface area contributed by atoms with Gasteiger partial charge in [0.2, 0.25) is 0 Å². The van der Waals surface area contributed by atoms with Gasteiger partial charge in [-0.2, -0.15) is 0 Å². The van der Waals surface area contributed by atoms with Crippen LogP contribution in [0.2, 0.25) is 0 Å². The van der Waals surface area contributed by atoms with E-state index in [9.17, 15) is 4.79 Å². The third-order valence-electron chi connectivity index (χ3n) is 6.13. The molecule has 1 amide bonds. The van der Waals surface area contributed by atoms with Crippen LogP contribution in [-0.2, 0) is 0 Å². The van der Waals surface area contributed by atoms with Crippen LogP contribution in [0.25, 0.3) is 0 Å². The van der Waals surface area contributed by atoms with Crippen molar-refractivity contribution in [1.82, 2.24) is 19.8 Å². The lowest BCUT2D eigenvalue weighted by Crippen LogP contribution is -2.49. The molecule has 0 unspecified atom stereocenters. The maximum atomic E-state index is 13.1. The Morgan fingerprint density at radius 1 is 0.781 bits per heavy atom. The van der Waals surface area contributed by atoms with Crippen molar-refractivity contribution in [3.05, 3.63) is 35.7 Å². The molecular weight excluding hydrogens is 408 g/mol. The second-order valence-corrected chi connectivity index (χ2v) is 8.30. The summed E-state index contributed by atoms with van der Waals surface area (Å²) in [6, 6.07) is 7.37. The van der Waals surface area contributed by atoms with E-state index in [1.165, 1.54) is 0 Å². The van der Waals surface area contributed by atoms with Crippen molar-refractivity contribution >= 4 is 17.5 Å². The molecule has 2 aliphatic rings. The Morgan fingerprint density at radius 2 is 1.28 bits per heavy atom. The first kappa shape index (κ1) is 22.1. The van der Waals surface area contributed by atoms with Gasteiger partial charge in [-0.05, 0) is 26.1 Å². The van der Waals surface area contributed by atoms with Crippen molar-refractivity contribution in [2.24, 2.45) is 0 Å². The second-order valence-electron chi connectivity index (χ2n) is 8.30. The van der Waals surface area contributed by atoms with E-state index in [4.69, 9.17) is 9.47 Å². The summed E-state index contributed by atoms with van der Waals surface area (Å²) < 4.78 is 10.6. The normalized spacial score (nSPS) is 17.4. The molecule has 172 valence electrons. The van der Waals surface area contributed by atoms with E-state index in [2.05, 4.69) is 37.8 Å². The van der Waals surface area contributed by atoms with Gasteiger partial charge in [-0.25, -0.2) is 9.97 Å². The lowest BCUT2D eigenvalue weighted by atomic mass is 10.1. The van der Waals surface area contributed by atoms with Gasteiger partial charge in [0.05, 0.1) is 14.2 Å². The topological polar surface area (TPSA) is 74.3 Å². The summed E-state index contributed by atoms with van der Waals surface area (Å²) in [6.45, 7) is 8.67. The van der Waals surface area contributed by atoms with E-state index in [-0.39, 0.29) is 5.91 Å². The van der Waals surface area contributed by atoms with Gasteiger partial charge in [-0.3, -0.25) is 4.79 Å². The van der Waals surface area contributed by atoms with Gasteiger partial charge in [-0.1, -0.05) is 0 Å². The highest BCUT2D eigenvalue weighted by atomic mass is 16.5. The molecule has 0 spiro atoms. The number of likely N-dealkylation sites (N-methyl/N-ethyl adjacent to an activating group) is 1. The van der Waals surface area contributed by atoms with Gasteiger partial charge in [-0.15, -0.1) is 0 Å². The van der Waals surface area contributed by atoms with Gasteiger partial charge in [0.15, 0.2) is 0 Å². The lowest BCUT2D eigenvalue weighted by molar-refractivity contribution is 0.0745. The summed E-state index contributed by atoms with van der Waals surface area (Å²) in [7, 11) is 5.32. The summed E-state index contributed by atoms with van der Waals surface area (Å²) >= 11 is 0. The highest BCUT2D eigenvalue weighted by Gasteiger charge is 2.25. The van der Waals surface area contributed by atoms with E-state index in [1.807, 2.05) is 11.8 Å². The first-order valence-electron chi connectivity index (χ1n) is 11.0. The zero-order valence-corrected chi connectivity index (χ0v) is 19.4. The van der Waals surface area contributed by atoms with Crippen LogP contribution in [0.5, 0.6) is 11.5 Å². The number of ether oxygens (including phenoxy) is 2. The zero-order chi connectivity index (χ0) is 22.7. The van der Waals surface area contributed by atoms with E-state index in [0.29, 0.717) is 30.2 Å². The molecule has 32 heavy (non-hydrogen) atoms. The highest BCUT2D eigenvalue weighted by molar-refractivity contribution is 5.95. The van der Waals surface area contributed by atoms with E-state index in [0.717, 1.165) is 56.7 Å². The molecule has 1 aromatic carbocycles. The molecule has 2 aromatic rings. The average molecular weight is 441 g/mol. The van der Waals surface area contributed by atoms with Crippen molar-refractivity contribution in [2.45, 2.75) is 6.92 Å². The Hall–Kier alpha value is -3.07. The molecule has 1 aromatic heterocycles. The van der Waals surface area contributed by atoms with Gasteiger partial charge in [0, 0.05) is 70.1 Å². The summed E-state index contributed by atoms with van der Waals surface area (Å²) in [5.74, 6) is 3.90. The van der Waals surface area contributed by atoms with Crippen molar-refractivity contribution in [2.75, 3.05) is 83.4 Å². The minimum Gasteiger partial charge on any atom is -0.497 e. The Labute approximate surface area is 189 Å². The number of piperazine rings is 2. The maximum Gasteiger partial charge on any atom is 0.254 e. The van der Waals surface area contributed by atoms with Crippen LogP contribution in [0.15, 0.2) is 24.3 Å². The van der Waals surface area contributed by atoms with Gasteiger partial charge >= 0.3 is 0 Å². The predicted molar refractivity (Wildman–Crippen MR) is 124 cm³/mol. The number of aryl methyl sites for hydroxylation is 1. The highest BCUT2D eigenvalue weighted by Crippen LogP contribution is 2.25. The monoisotopic (exact) mass is 440 g/mol. The SMILES string of the molecule is COc1cc(OC)cc(C(=O)N2CCN(c3cc(N4CCN(C)CC4)nc(C)n3)CC2)c1. The Balaban J connectivity index is 1.43. The number of rotatable bonds is 5. The van der Waals surface area contributed by atoms with Crippen LogP contribution >= 0.6 is 0 Å². The van der Waals surface area contributed by atoms with E-state index >= 15 is 0 Å². The van der Waals surface area contributed by atoms with E-state index in [1.54, 1.807) is 32.4 Å². The lowest BCUT2D eigenvalue weighted by Gasteiger charge is -2.37. The number of hydrogen-bond donors (Lipinski definition) is 0. The molecular formula is C23H32N6O3. The van der Waals surface area contributed by atoms with Crippen LogP contribution < -0.4 is 19.3 Å². The minimum absolute atomic E-state index is 0.0150. The zero-order valence-electron chi connectivity index (χ0n) is 19.4. The van der Waals surface area contributed by atoms with Crippen LogP contribution in [0.1, 0.15) is 16.2 Å². The van der Waals surface area contributed by atoms with Crippen LogP contribution in [0, 0.1) is 6.92 Å². The first-order valence-corrected chi connectivity index (χ1v) is 11.0. The fourth-order valence-corrected chi connectivity index (χ4v) is 4.15. The standard InChI is InChI=1S/C23H32N6O3/c1-17-24-21(27-7-5-26(2)6-8-27)16-22(25-17)28-9-11-29(12-10-28)23(30)18-13-19(31-3)15-20(14-18)32-4/h13-16H,5-12H2,1-4H3. The predicted octanol–water partition coefficient (Wildman–Crippen LogP) is 1.52. The number of carbonyl (C=O) groups is 1. The summed E-state index contributed by atoms with van der Waals surface area (Å²) in [5.41, 5.74) is 0.574. The molecule has 4 rings (SSSR count). The fraction of sp³-hybridized carbons (Fsp3) is 0.522. The summed E-state index contributed by atoms with van der Waals surface area (Å²) in [5, 5.41) is 0. The maximum absolute atomic E-state index is 13.1. The molecule has 2 saturated heterocycles. The Bertz CT molecular complexity index is 930. The second kappa shape index (κ2) is 9.60. The molecule has 0 saturated carbocycles. The van der Waals surface area contributed by atoms with Gasteiger partial charge in [0.1, 0.15) is 29.0 Å². The number of methoxy groups -OCH3 is 2. The number of anilines is 2. The molecule has 9 heteroatoms. The largest absolute Gasteiger partial charge is 0.497 e. The summed E-state index contributed by atoms with van der Waals surface area (Å²) in [6.07, 6.45) is 0. The van der Waals surface area contributed by atoms with Gasteiger partial charge < -0.3 is 29.1 Å². The average Bonchev–Trinajstić information content (AvgIpc) is 2.83. The molecule has 9 nitrogen and oxygen atoms in total. The molecule has 0 atom stereocenters. The molecule has 0 aliphatic carbocycles. The minimum atomic E-state index is -0.0150. The van der Waals surface area contributed by atoms with E-state index < -0.39 is 0 Å². The molecule has 2 aliphatic heterocycles. The van der Waals surface area contributed by atoms with Crippen LogP contribution in [0.3, 0.4) is 0 Å². The quantitative estimate of drug-likeness (QED) is 0.693. The number of hydrogen-bond acceptors (Lipinski definition) is 8. The third-order valence-corrected chi connectivity index (χ3v) is 6.13. The molecule has 3 heterocycles. The number of benzene rings is 1. The third kappa shape index (κ3) is 4.88. The number of aromatic nitrogens is 2. The molecule has 0 radical (unpaired) electrons. The first-order chi connectivity index (χ1) is 15.5. The Kier molecular flexibility index (Phi) is 6.64. The number of carbonyl (C=O) groups excluding carboxylic acids is 1. The smallest absolute Gasteiger partial charge is 0.254 e. The van der Waals surface area contributed by atoms with Crippen LogP contribution in [0.4, 0.5) is 11.6 Å². The molecule has 0 bridgehead atoms. The molecule has 2 fully saturated rings.